The Bertz CT molecular complexity index is 1400. The molecule has 0 spiro atoms. The number of benzene rings is 3. The minimum Gasteiger partial charge on any atom is -0.507 e. The van der Waals surface area contributed by atoms with Crippen LogP contribution in [0.2, 0.25) is 5.02 Å². The molecule has 1 saturated heterocycles. The number of phenols is 1. The first-order valence-corrected chi connectivity index (χ1v) is 12.3. The highest BCUT2D eigenvalue weighted by Gasteiger charge is 2.47. The number of aliphatic hydroxyl groups excluding tert-OH is 1. The molecule has 0 aliphatic carbocycles. The van der Waals surface area contributed by atoms with Gasteiger partial charge in [-0.15, -0.1) is 0 Å². The Morgan fingerprint density at radius 3 is 2.49 bits per heavy atom. The molecule has 1 fully saturated rings. The Morgan fingerprint density at radius 2 is 1.84 bits per heavy atom. The van der Waals surface area contributed by atoms with Crippen molar-refractivity contribution in [3.05, 3.63) is 87.9 Å². The van der Waals surface area contributed by atoms with Crippen molar-refractivity contribution in [2.24, 2.45) is 0 Å². The average molecular weight is 522 g/mol. The van der Waals surface area contributed by atoms with E-state index in [1.807, 2.05) is 20.8 Å². The highest BCUT2D eigenvalue weighted by molar-refractivity contribution is 6.51. The van der Waals surface area contributed by atoms with Gasteiger partial charge in [0.25, 0.3) is 11.7 Å². The van der Waals surface area contributed by atoms with Crippen molar-refractivity contribution < 1.29 is 29.3 Å². The number of ether oxygens (including phenoxy) is 2. The van der Waals surface area contributed by atoms with Gasteiger partial charge in [-0.1, -0.05) is 37.6 Å². The summed E-state index contributed by atoms with van der Waals surface area (Å²) in [7, 11) is 1.50. The van der Waals surface area contributed by atoms with E-state index in [4.69, 9.17) is 21.1 Å². The van der Waals surface area contributed by atoms with Gasteiger partial charge in [0, 0.05) is 17.3 Å². The number of hydrogen-bond donors (Lipinski definition) is 2. The molecule has 0 saturated carbocycles. The molecule has 3 aromatic carbocycles. The summed E-state index contributed by atoms with van der Waals surface area (Å²) in [6.07, 6.45) is 0. The second kappa shape index (κ2) is 10.6. The normalized spacial score (nSPS) is 16.9. The third-order valence-corrected chi connectivity index (χ3v) is 6.57. The van der Waals surface area contributed by atoms with Gasteiger partial charge in [-0.05, 0) is 66.4 Å². The standard InChI is InChI=1S/C29H28ClNO6/c1-5-37-24-12-10-18(13-21(24)16(2)3)27(33)25-26(17-9-11-23(32)22(30)14-17)31(29(35)28(25)34)19-7-6-8-20(15-19)36-4/h6-16,26,32-33H,5H2,1-4H3/b27-25-. The van der Waals surface area contributed by atoms with Gasteiger partial charge in [-0.3, -0.25) is 14.5 Å². The van der Waals surface area contributed by atoms with Gasteiger partial charge in [0.1, 0.15) is 23.0 Å². The number of ketones is 1. The number of phenolic OH excluding ortho intramolecular Hbond substituents is 1. The van der Waals surface area contributed by atoms with Crippen LogP contribution in [0.15, 0.2) is 66.2 Å². The topological polar surface area (TPSA) is 96.3 Å². The minimum absolute atomic E-state index is 0.0527. The molecule has 1 amide bonds. The molecule has 8 heteroatoms. The van der Waals surface area contributed by atoms with Crippen LogP contribution in [0.4, 0.5) is 5.69 Å². The van der Waals surface area contributed by atoms with Crippen LogP contribution in [-0.4, -0.2) is 35.6 Å². The number of hydrogen-bond acceptors (Lipinski definition) is 6. The number of anilines is 1. The van der Waals surface area contributed by atoms with Gasteiger partial charge in [0.15, 0.2) is 0 Å². The van der Waals surface area contributed by atoms with E-state index in [0.717, 1.165) is 5.56 Å². The number of carbonyl (C=O) groups excluding carboxylic acids is 2. The van der Waals surface area contributed by atoms with Crippen molar-refractivity contribution in [1.82, 2.24) is 0 Å². The first kappa shape index (κ1) is 26.1. The number of aromatic hydroxyl groups is 1. The van der Waals surface area contributed by atoms with Crippen molar-refractivity contribution in [2.45, 2.75) is 32.7 Å². The zero-order valence-corrected chi connectivity index (χ0v) is 21.7. The Morgan fingerprint density at radius 1 is 1.08 bits per heavy atom. The fraction of sp³-hybridized carbons (Fsp3) is 0.241. The van der Waals surface area contributed by atoms with Crippen molar-refractivity contribution >= 4 is 34.7 Å². The smallest absolute Gasteiger partial charge is 0.300 e. The molecule has 1 unspecified atom stereocenters. The average Bonchev–Trinajstić information content (AvgIpc) is 3.15. The quantitative estimate of drug-likeness (QED) is 0.218. The molecular weight excluding hydrogens is 494 g/mol. The number of nitrogens with zero attached hydrogens (tertiary/aromatic N) is 1. The van der Waals surface area contributed by atoms with Crippen LogP contribution in [0.25, 0.3) is 5.76 Å². The molecular formula is C29H28ClNO6. The number of halogens is 1. The van der Waals surface area contributed by atoms with Gasteiger partial charge < -0.3 is 19.7 Å². The molecule has 2 N–H and O–H groups in total. The molecule has 1 aliphatic rings. The fourth-order valence-electron chi connectivity index (χ4n) is 4.46. The molecule has 3 aromatic rings. The lowest BCUT2D eigenvalue weighted by atomic mass is 9.93. The van der Waals surface area contributed by atoms with E-state index < -0.39 is 17.7 Å². The number of amides is 1. The maximum absolute atomic E-state index is 13.4. The van der Waals surface area contributed by atoms with E-state index in [9.17, 15) is 19.8 Å². The van der Waals surface area contributed by atoms with Crippen molar-refractivity contribution in [1.29, 1.82) is 0 Å². The number of carbonyl (C=O) groups is 2. The first-order chi connectivity index (χ1) is 17.7. The second-order valence-corrected chi connectivity index (χ2v) is 9.33. The molecule has 0 aromatic heterocycles. The Hall–Kier alpha value is -3.97. The molecule has 1 atom stereocenters. The summed E-state index contributed by atoms with van der Waals surface area (Å²) in [5.74, 6) is -0.837. The minimum atomic E-state index is -1.00. The monoisotopic (exact) mass is 521 g/mol. The number of Topliss-reactive ketones (excluding diaryl/α,β-unsaturated/α-hetero) is 1. The first-order valence-electron chi connectivity index (χ1n) is 11.9. The summed E-state index contributed by atoms with van der Waals surface area (Å²) < 4.78 is 11.0. The summed E-state index contributed by atoms with van der Waals surface area (Å²) in [5.41, 5.74) is 2.00. The van der Waals surface area contributed by atoms with Crippen LogP contribution >= 0.6 is 11.6 Å². The van der Waals surface area contributed by atoms with E-state index >= 15 is 0 Å². The van der Waals surface area contributed by atoms with Gasteiger partial charge >= 0.3 is 0 Å². The summed E-state index contributed by atoms with van der Waals surface area (Å²) in [6, 6.07) is 15.3. The number of rotatable bonds is 7. The predicted octanol–water partition coefficient (Wildman–Crippen LogP) is 6.20. The van der Waals surface area contributed by atoms with E-state index in [1.165, 1.54) is 24.1 Å². The van der Waals surface area contributed by atoms with Gasteiger partial charge in [-0.25, -0.2) is 0 Å². The van der Waals surface area contributed by atoms with Gasteiger partial charge in [-0.2, -0.15) is 0 Å². The summed E-state index contributed by atoms with van der Waals surface area (Å²) in [5, 5.41) is 21.5. The molecule has 1 aliphatic heterocycles. The lowest BCUT2D eigenvalue weighted by Crippen LogP contribution is -2.29. The summed E-state index contributed by atoms with van der Waals surface area (Å²) in [4.78, 5) is 28.1. The Kier molecular flexibility index (Phi) is 7.45. The van der Waals surface area contributed by atoms with Gasteiger partial charge in [0.05, 0.1) is 30.4 Å². The van der Waals surface area contributed by atoms with Crippen molar-refractivity contribution in [3.63, 3.8) is 0 Å². The zero-order chi connectivity index (χ0) is 26.9. The molecule has 4 rings (SSSR count). The van der Waals surface area contributed by atoms with E-state index in [0.29, 0.717) is 34.9 Å². The van der Waals surface area contributed by atoms with Crippen LogP contribution < -0.4 is 14.4 Å². The van der Waals surface area contributed by atoms with E-state index in [1.54, 1.807) is 48.5 Å². The molecule has 1 heterocycles. The molecule has 37 heavy (non-hydrogen) atoms. The fourth-order valence-corrected chi connectivity index (χ4v) is 4.65. The van der Waals surface area contributed by atoms with Crippen LogP contribution in [0, 0.1) is 0 Å². The highest BCUT2D eigenvalue weighted by Crippen LogP contribution is 2.44. The highest BCUT2D eigenvalue weighted by atomic mass is 35.5. The SMILES string of the molecule is CCOc1ccc(/C(O)=C2/C(=O)C(=O)N(c3cccc(OC)c3)C2c2ccc(O)c(Cl)c2)cc1C(C)C. The van der Waals surface area contributed by atoms with Crippen LogP contribution in [0.1, 0.15) is 49.4 Å². The molecule has 192 valence electrons. The lowest BCUT2D eigenvalue weighted by Gasteiger charge is -2.26. The lowest BCUT2D eigenvalue weighted by molar-refractivity contribution is -0.132. The molecule has 7 nitrogen and oxygen atoms in total. The Balaban J connectivity index is 1.95. The van der Waals surface area contributed by atoms with E-state index in [2.05, 4.69) is 0 Å². The van der Waals surface area contributed by atoms with Crippen molar-refractivity contribution in [3.8, 4) is 17.2 Å². The maximum atomic E-state index is 13.4. The van der Waals surface area contributed by atoms with Crippen LogP contribution in [0.3, 0.4) is 0 Å². The number of aliphatic hydroxyl groups is 1. The summed E-state index contributed by atoms with van der Waals surface area (Å²) in [6.45, 7) is 6.38. The third-order valence-electron chi connectivity index (χ3n) is 6.27. The summed E-state index contributed by atoms with van der Waals surface area (Å²) >= 11 is 6.20. The Labute approximate surface area is 220 Å². The van der Waals surface area contributed by atoms with E-state index in [-0.39, 0.29) is 28.0 Å². The predicted molar refractivity (Wildman–Crippen MR) is 143 cm³/mol. The molecule has 0 radical (unpaired) electrons. The van der Waals surface area contributed by atoms with Crippen LogP contribution in [-0.2, 0) is 9.59 Å². The third kappa shape index (κ3) is 4.87. The van der Waals surface area contributed by atoms with Crippen molar-refractivity contribution in [2.75, 3.05) is 18.6 Å². The van der Waals surface area contributed by atoms with Gasteiger partial charge in [0.2, 0.25) is 0 Å². The zero-order valence-electron chi connectivity index (χ0n) is 21.0. The maximum Gasteiger partial charge on any atom is 0.300 e. The molecule has 0 bridgehead atoms. The largest absolute Gasteiger partial charge is 0.507 e. The number of methoxy groups -OCH3 is 1. The van der Waals surface area contributed by atoms with Crippen LogP contribution in [0.5, 0.6) is 17.2 Å². The second-order valence-electron chi connectivity index (χ2n) is 8.92.